The molecule has 2 heteroatoms. The van der Waals surface area contributed by atoms with E-state index in [0.717, 1.165) is 13.0 Å². The van der Waals surface area contributed by atoms with Crippen LogP contribution >= 0.6 is 0 Å². The SMILES string of the molecule is C/C=C(\C=NCCCC)CCN. The number of nitrogens with zero attached hydrogens (tertiary/aromatic N) is 1. The summed E-state index contributed by atoms with van der Waals surface area (Å²) >= 11 is 0. The van der Waals surface area contributed by atoms with Crippen molar-refractivity contribution in [3.8, 4) is 0 Å². The third kappa shape index (κ3) is 6.10. The highest BCUT2D eigenvalue weighted by molar-refractivity contribution is 5.78. The fourth-order valence-corrected chi connectivity index (χ4v) is 0.881. The van der Waals surface area contributed by atoms with Crippen LogP contribution in [0.2, 0.25) is 0 Å². The quantitative estimate of drug-likeness (QED) is 0.479. The van der Waals surface area contributed by atoms with Gasteiger partial charge in [0.25, 0.3) is 0 Å². The van der Waals surface area contributed by atoms with Crippen LogP contribution in [0, 0.1) is 0 Å². The number of rotatable bonds is 6. The molecule has 0 rings (SSSR count). The standard InChI is InChI=1S/C10H20N2/c1-3-5-8-12-9-10(4-2)6-7-11/h4,9H,3,5-8,11H2,1-2H3/b10-4-,12-9?. The molecule has 0 fully saturated rings. The van der Waals surface area contributed by atoms with Crippen LogP contribution in [0.3, 0.4) is 0 Å². The number of nitrogens with two attached hydrogens (primary N) is 1. The van der Waals surface area contributed by atoms with Crippen LogP contribution in [-0.2, 0) is 0 Å². The highest BCUT2D eigenvalue weighted by atomic mass is 14.7. The first kappa shape index (κ1) is 11.4. The Hall–Kier alpha value is -0.630. The molecule has 0 amide bonds. The summed E-state index contributed by atoms with van der Waals surface area (Å²) in [5.74, 6) is 0. The lowest BCUT2D eigenvalue weighted by atomic mass is 10.2. The summed E-state index contributed by atoms with van der Waals surface area (Å²) in [6.07, 6.45) is 7.34. The third-order valence-electron chi connectivity index (χ3n) is 1.70. The van der Waals surface area contributed by atoms with Gasteiger partial charge >= 0.3 is 0 Å². The van der Waals surface area contributed by atoms with Gasteiger partial charge in [-0.15, -0.1) is 0 Å². The Balaban J connectivity index is 3.62. The predicted molar refractivity (Wildman–Crippen MR) is 55.7 cm³/mol. The molecule has 2 nitrogen and oxygen atoms in total. The molecule has 0 aliphatic carbocycles. The zero-order valence-corrected chi connectivity index (χ0v) is 8.21. The van der Waals surface area contributed by atoms with E-state index < -0.39 is 0 Å². The molecule has 0 saturated heterocycles. The Morgan fingerprint density at radius 1 is 1.50 bits per heavy atom. The van der Waals surface area contributed by atoms with Gasteiger partial charge in [-0.25, -0.2) is 0 Å². The molecule has 0 aliphatic heterocycles. The van der Waals surface area contributed by atoms with Gasteiger partial charge in [-0.1, -0.05) is 19.4 Å². The molecular formula is C10H20N2. The first-order chi connectivity index (χ1) is 5.85. The van der Waals surface area contributed by atoms with Crippen molar-refractivity contribution >= 4 is 6.21 Å². The molecule has 70 valence electrons. The van der Waals surface area contributed by atoms with Gasteiger partial charge in [0, 0.05) is 12.8 Å². The van der Waals surface area contributed by atoms with Gasteiger partial charge in [0.1, 0.15) is 0 Å². The second-order valence-electron chi connectivity index (χ2n) is 2.79. The van der Waals surface area contributed by atoms with E-state index in [1.807, 2.05) is 13.1 Å². The average Bonchev–Trinajstić information content (AvgIpc) is 2.10. The molecule has 0 heterocycles. The monoisotopic (exact) mass is 168 g/mol. The maximum Gasteiger partial charge on any atom is 0.0389 e. The Morgan fingerprint density at radius 3 is 2.75 bits per heavy atom. The van der Waals surface area contributed by atoms with Crippen molar-refractivity contribution in [2.24, 2.45) is 10.7 Å². The fraction of sp³-hybridized carbons (Fsp3) is 0.700. The van der Waals surface area contributed by atoms with Gasteiger partial charge in [0.15, 0.2) is 0 Å². The van der Waals surface area contributed by atoms with Crippen LogP contribution in [-0.4, -0.2) is 19.3 Å². The molecule has 12 heavy (non-hydrogen) atoms. The van der Waals surface area contributed by atoms with Crippen LogP contribution in [0.25, 0.3) is 0 Å². The number of hydrogen-bond acceptors (Lipinski definition) is 2. The van der Waals surface area contributed by atoms with Crippen LogP contribution in [0.1, 0.15) is 33.1 Å². The van der Waals surface area contributed by atoms with Crippen molar-refractivity contribution in [2.45, 2.75) is 33.1 Å². The van der Waals surface area contributed by atoms with E-state index in [1.165, 1.54) is 18.4 Å². The maximum atomic E-state index is 5.43. The second-order valence-corrected chi connectivity index (χ2v) is 2.79. The molecule has 0 radical (unpaired) electrons. The largest absolute Gasteiger partial charge is 0.330 e. The molecule has 0 saturated carbocycles. The minimum atomic E-state index is 0.708. The van der Waals surface area contributed by atoms with Crippen LogP contribution in [0.4, 0.5) is 0 Å². The number of aliphatic imine (C=N–C) groups is 1. The highest BCUT2D eigenvalue weighted by Crippen LogP contribution is 1.96. The van der Waals surface area contributed by atoms with E-state index in [9.17, 15) is 0 Å². The normalized spacial score (nSPS) is 12.8. The molecular weight excluding hydrogens is 148 g/mol. The lowest BCUT2D eigenvalue weighted by Crippen LogP contribution is -2.01. The number of hydrogen-bond donors (Lipinski definition) is 1. The first-order valence-corrected chi connectivity index (χ1v) is 4.70. The predicted octanol–water partition coefficient (Wildman–Crippen LogP) is 2.15. The van der Waals surface area contributed by atoms with Gasteiger partial charge in [0.05, 0.1) is 0 Å². The van der Waals surface area contributed by atoms with E-state index in [2.05, 4.69) is 18.0 Å². The summed E-state index contributed by atoms with van der Waals surface area (Å²) in [5, 5.41) is 0. The second kappa shape index (κ2) is 8.47. The summed E-state index contributed by atoms with van der Waals surface area (Å²) in [4.78, 5) is 4.30. The third-order valence-corrected chi connectivity index (χ3v) is 1.70. The van der Waals surface area contributed by atoms with Crippen LogP contribution in [0.5, 0.6) is 0 Å². The van der Waals surface area contributed by atoms with Gasteiger partial charge in [0.2, 0.25) is 0 Å². The minimum Gasteiger partial charge on any atom is -0.330 e. The number of unbranched alkanes of at least 4 members (excludes halogenated alkanes) is 1. The van der Waals surface area contributed by atoms with Crippen molar-refractivity contribution in [1.82, 2.24) is 0 Å². The Kier molecular flexibility index (Phi) is 8.02. The maximum absolute atomic E-state index is 5.43. The summed E-state index contributed by atoms with van der Waals surface area (Å²) in [7, 11) is 0. The Morgan fingerprint density at radius 2 is 2.25 bits per heavy atom. The fourth-order valence-electron chi connectivity index (χ4n) is 0.881. The molecule has 0 aromatic rings. The van der Waals surface area contributed by atoms with Crippen molar-refractivity contribution in [3.05, 3.63) is 11.6 Å². The lowest BCUT2D eigenvalue weighted by molar-refractivity contribution is 0.809. The van der Waals surface area contributed by atoms with Crippen molar-refractivity contribution in [1.29, 1.82) is 0 Å². The zero-order chi connectivity index (χ0) is 9.23. The topological polar surface area (TPSA) is 38.4 Å². The summed E-state index contributed by atoms with van der Waals surface area (Å²) in [6, 6.07) is 0. The molecule has 0 aliphatic rings. The van der Waals surface area contributed by atoms with Gasteiger partial charge in [-0.05, 0) is 31.9 Å². The Bertz CT molecular complexity index is 148. The summed E-state index contributed by atoms with van der Waals surface area (Å²) in [6.45, 7) is 5.85. The zero-order valence-electron chi connectivity index (χ0n) is 8.21. The summed E-state index contributed by atoms with van der Waals surface area (Å²) in [5.41, 5.74) is 6.68. The summed E-state index contributed by atoms with van der Waals surface area (Å²) < 4.78 is 0. The lowest BCUT2D eigenvalue weighted by Gasteiger charge is -1.96. The van der Waals surface area contributed by atoms with Gasteiger partial charge in [-0.3, -0.25) is 4.99 Å². The van der Waals surface area contributed by atoms with Crippen LogP contribution < -0.4 is 5.73 Å². The van der Waals surface area contributed by atoms with Crippen molar-refractivity contribution in [2.75, 3.05) is 13.1 Å². The average molecular weight is 168 g/mol. The molecule has 0 spiro atoms. The van der Waals surface area contributed by atoms with E-state index in [4.69, 9.17) is 5.73 Å². The van der Waals surface area contributed by atoms with Crippen LogP contribution in [0.15, 0.2) is 16.6 Å². The van der Waals surface area contributed by atoms with E-state index in [1.54, 1.807) is 0 Å². The number of allylic oxidation sites excluding steroid dienone is 1. The van der Waals surface area contributed by atoms with Gasteiger partial charge < -0.3 is 5.73 Å². The smallest absolute Gasteiger partial charge is 0.0389 e. The van der Waals surface area contributed by atoms with E-state index >= 15 is 0 Å². The minimum absolute atomic E-state index is 0.708. The van der Waals surface area contributed by atoms with Gasteiger partial charge in [-0.2, -0.15) is 0 Å². The molecule has 2 N–H and O–H groups in total. The molecule has 0 aromatic carbocycles. The van der Waals surface area contributed by atoms with Crippen molar-refractivity contribution in [3.63, 3.8) is 0 Å². The highest BCUT2D eigenvalue weighted by Gasteiger charge is 1.88. The molecule has 0 unspecified atom stereocenters. The molecule has 0 aromatic heterocycles. The van der Waals surface area contributed by atoms with Crippen molar-refractivity contribution < 1.29 is 0 Å². The Labute approximate surface area is 75.6 Å². The van der Waals surface area contributed by atoms with E-state index in [0.29, 0.717) is 6.54 Å². The molecule has 0 atom stereocenters. The van der Waals surface area contributed by atoms with E-state index in [-0.39, 0.29) is 0 Å². The molecule has 0 bridgehead atoms. The first-order valence-electron chi connectivity index (χ1n) is 4.70.